The van der Waals surface area contributed by atoms with Gasteiger partial charge < -0.3 is 9.47 Å². The third-order valence-corrected chi connectivity index (χ3v) is 4.26. The second kappa shape index (κ2) is 10.1. The van der Waals surface area contributed by atoms with Crippen LogP contribution in [0, 0.1) is 13.8 Å². The van der Waals surface area contributed by atoms with Crippen molar-refractivity contribution in [2.24, 2.45) is 5.10 Å². The van der Waals surface area contributed by atoms with Gasteiger partial charge in [0.1, 0.15) is 18.1 Å². The second-order valence-electron chi connectivity index (χ2n) is 6.69. The Labute approximate surface area is 171 Å². The number of nitrogens with zero attached hydrogens (tertiary/aromatic N) is 1. The van der Waals surface area contributed by atoms with Crippen molar-refractivity contribution in [1.82, 2.24) is 5.43 Å². The van der Waals surface area contributed by atoms with Gasteiger partial charge in [0, 0.05) is 0 Å². The fourth-order valence-electron chi connectivity index (χ4n) is 2.57. The van der Waals surface area contributed by atoms with Crippen molar-refractivity contribution in [3.8, 4) is 11.5 Å². The largest absolute Gasteiger partial charge is 0.489 e. The summed E-state index contributed by atoms with van der Waals surface area (Å²) in [5.41, 5.74) is 6.65. The van der Waals surface area contributed by atoms with Gasteiger partial charge in [0.25, 0.3) is 5.91 Å². The molecule has 0 aliphatic rings. The standard InChI is InChI=1S/C24H24N2O3/c1-18-7-9-21(10-8-18)16-28-22-13-11-20(12-14-22)15-25-26-24(27)17-29-23-6-4-3-5-19(23)2/h3-15H,16-17H2,1-2H3,(H,26,27)/b25-15+. The van der Waals surface area contributed by atoms with Gasteiger partial charge in [-0.3, -0.25) is 4.79 Å². The smallest absolute Gasteiger partial charge is 0.277 e. The van der Waals surface area contributed by atoms with Crippen molar-refractivity contribution < 1.29 is 14.3 Å². The minimum absolute atomic E-state index is 0.0893. The molecule has 0 saturated heterocycles. The molecule has 0 fully saturated rings. The van der Waals surface area contributed by atoms with Crippen molar-refractivity contribution in [2.45, 2.75) is 20.5 Å². The lowest BCUT2D eigenvalue weighted by atomic mass is 10.2. The lowest BCUT2D eigenvalue weighted by Gasteiger charge is -2.07. The summed E-state index contributed by atoms with van der Waals surface area (Å²) in [7, 11) is 0. The molecule has 5 nitrogen and oxygen atoms in total. The summed E-state index contributed by atoms with van der Waals surface area (Å²) in [4.78, 5) is 11.8. The molecule has 29 heavy (non-hydrogen) atoms. The van der Waals surface area contributed by atoms with E-state index in [-0.39, 0.29) is 12.5 Å². The fourth-order valence-corrected chi connectivity index (χ4v) is 2.57. The number of ether oxygens (including phenoxy) is 2. The van der Waals surface area contributed by atoms with Gasteiger partial charge in [0.05, 0.1) is 6.21 Å². The highest BCUT2D eigenvalue weighted by Crippen LogP contribution is 2.16. The first kappa shape index (κ1) is 20.1. The van der Waals surface area contributed by atoms with Gasteiger partial charge in [-0.15, -0.1) is 0 Å². The van der Waals surface area contributed by atoms with E-state index in [0.717, 1.165) is 22.4 Å². The number of hydrogen-bond donors (Lipinski definition) is 1. The van der Waals surface area contributed by atoms with Gasteiger partial charge in [-0.1, -0.05) is 48.0 Å². The topological polar surface area (TPSA) is 59.9 Å². The van der Waals surface area contributed by atoms with Crippen LogP contribution in [0.1, 0.15) is 22.3 Å². The Morgan fingerprint density at radius 2 is 1.66 bits per heavy atom. The van der Waals surface area contributed by atoms with Crippen LogP contribution in [-0.4, -0.2) is 18.7 Å². The fraction of sp³-hybridized carbons (Fsp3) is 0.167. The number of aryl methyl sites for hydroxylation is 2. The van der Waals surface area contributed by atoms with Crippen LogP contribution in [0.5, 0.6) is 11.5 Å². The molecule has 0 unspecified atom stereocenters. The van der Waals surface area contributed by atoms with E-state index in [1.165, 1.54) is 5.56 Å². The maximum absolute atomic E-state index is 11.8. The Bertz CT molecular complexity index is 964. The first-order valence-electron chi connectivity index (χ1n) is 9.39. The summed E-state index contributed by atoms with van der Waals surface area (Å²) in [6.07, 6.45) is 1.58. The molecule has 148 valence electrons. The van der Waals surface area contributed by atoms with Crippen LogP contribution in [0.3, 0.4) is 0 Å². The quantitative estimate of drug-likeness (QED) is 0.459. The number of nitrogens with one attached hydrogen (secondary N) is 1. The first-order valence-corrected chi connectivity index (χ1v) is 9.39. The Kier molecular flexibility index (Phi) is 7.00. The van der Waals surface area contributed by atoms with Crippen molar-refractivity contribution in [1.29, 1.82) is 0 Å². The number of rotatable bonds is 8. The van der Waals surface area contributed by atoms with Crippen LogP contribution in [0.4, 0.5) is 0 Å². The Morgan fingerprint density at radius 1 is 0.931 bits per heavy atom. The minimum Gasteiger partial charge on any atom is -0.489 e. The zero-order chi connectivity index (χ0) is 20.5. The van der Waals surface area contributed by atoms with E-state index in [0.29, 0.717) is 12.4 Å². The molecule has 0 heterocycles. The highest BCUT2D eigenvalue weighted by atomic mass is 16.5. The third kappa shape index (κ3) is 6.50. The maximum atomic E-state index is 11.8. The molecule has 0 bridgehead atoms. The number of amides is 1. The Morgan fingerprint density at radius 3 is 2.38 bits per heavy atom. The molecule has 3 aromatic carbocycles. The monoisotopic (exact) mass is 388 g/mol. The average molecular weight is 388 g/mol. The zero-order valence-electron chi connectivity index (χ0n) is 16.6. The second-order valence-corrected chi connectivity index (χ2v) is 6.69. The van der Waals surface area contributed by atoms with Crippen LogP contribution in [0.2, 0.25) is 0 Å². The number of carbonyl (C=O) groups is 1. The summed E-state index contributed by atoms with van der Waals surface area (Å²) in [6, 6.07) is 23.3. The van der Waals surface area contributed by atoms with Crippen LogP contribution in [-0.2, 0) is 11.4 Å². The molecule has 0 atom stereocenters. The van der Waals surface area contributed by atoms with Crippen LogP contribution in [0.15, 0.2) is 77.9 Å². The molecule has 3 aromatic rings. The highest BCUT2D eigenvalue weighted by molar-refractivity contribution is 5.83. The molecular formula is C24H24N2O3. The van der Waals surface area contributed by atoms with E-state index in [4.69, 9.17) is 9.47 Å². The van der Waals surface area contributed by atoms with Crippen molar-refractivity contribution in [2.75, 3.05) is 6.61 Å². The van der Waals surface area contributed by atoms with Gasteiger partial charge in [-0.2, -0.15) is 5.10 Å². The van der Waals surface area contributed by atoms with Gasteiger partial charge in [0.2, 0.25) is 0 Å². The van der Waals surface area contributed by atoms with Crippen molar-refractivity contribution in [3.05, 3.63) is 95.1 Å². The van der Waals surface area contributed by atoms with E-state index >= 15 is 0 Å². The summed E-state index contributed by atoms with van der Waals surface area (Å²) >= 11 is 0. The van der Waals surface area contributed by atoms with E-state index in [2.05, 4.69) is 41.7 Å². The summed E-state index contributed by atoms with van der Waals surface area (Å²) in [5.74, 6) is 1.15. The van der Waals surface area contributed by atoms with Gasteiger partial charge in [0.15, 0.2) is 6.61 Å². The van der Waals surface area contributed by atoms with Crippen LogP contribution in [0.25, 0.3) is 0 Å². The predicted octanol–water partition coefficient (Wildman–Crippen LogP) is 4.41. The van der Waals surface area contributed by atoms with Crippen molar-refractivity contribution in [3.63, 3.8) is 0 Å². The molecule has 0 aliphatic heterocycles. The van der Waals surface area contributed by atoms with Gasteiger partial charge in [-0.25, -0.2) is 5.43 Å². The molecule has 0 aromatic heterocycles. The number of benzene rings is 3. The number of hydrogen-bond acceptors (Lipinski definition) is 4. The van der Waals surface area contributed by atoms with Crippen molar-refractivity contribution >= 4 is 12.1 Å². The number of para-hydroxylation sites is 1. The first-order chi connectivity index (χ1) is 14.1. The molecular weight excluding hydrogens is 364 g/mol. The maximum Gasteiger partial charge on any atom is 0.277 e. The van der Waals surface area contributed by atoms with Crippen LogP contribution < -0.4 is 14.9 Å². The van der Waals surface area contributed by atoms with Gasteiger partial charge >= 0.3 is 0 Å². The van der Waals surface area contributed by atoms with Gasteiger partial charge in [-0.05, 0) is 60.9 Å². The normalized spacial score (nSPS) is 10.7. The third-order valence-electron chi connectivity index (χ3n) is 4.26. The molecule has 0 aliphatic carbocycles. The molecule has 5 heteroatoms. The molecule has 0 radical (unpaired) electrons. The molecule has 1 amide bonds. The van der Waals surface area contributed by atoms with E-state index in [1.54, 1.807) is 6.21 Å². The Hall–Kier alpha value is -3.60. The predicted molar refractivity (Wildman–Crippen MR) is 114 cm³/mol. The average Bonchev–Trinajstić information content (AvgIpc) is 2.74. The molecule has 1 N–H and O–H groups in total. The molecule has 0 spiro atoms. The molecule has 3 rings (SSSR count). The molecule has 0 saturated carbocycles. The Balaban J connectivity index is 1.42. The summed E-state index contributed by atoms with van der Waals surface area (Å²) in [5, 5.41) is 3.96. The van der Waals surface area contributed by atoms with Crippen LogP contribution >= 0.6 is 0 Å². The van der Waals surface area contributed by atoms with E-state index in [1.807, 2.05) is 55.5 Å². The number of hydrazone groups is 1. The SMILES string of the molecule is Cc1ccc(COc2ccc(/C=N/NC(=O)COc3ccccc3C)cc2)cc1. The minimum atomic E-state index is -0.317. The summed E-state index contributed by atoms with van der Waals surface area (Å²) < 4.78 is 11.3. The summed E-state index contributed by atoms with van der Waals surface area (Å²) in [6.45, 7) is 4.42. The lowest BCUT2D eigenvalue weighted by molar-refractivity contribution is -0.123. The highest BCUT2D eigenvalue weighted by Gasteiger charge is 2.03. The van der Waals surface area contributed by atoms with E-state index < -0.39 is 0 Å². The lowest BCUT2D eigenvalue weighted by Crippen LogP contribution is -2.24. The zero-order valence-corrected chi connectivity index (χ0v) is 16.6. The van der Waals surface area contributed by atoms with E-state index in [9.17, 15) is 4.79 Å². The number of carbonyl (C=O) groups excluding carboxylic acids is 1.